The van der Waals surface area contributed by atoms with Gasteiger partial charge < -0.3 is 9.80 Å². The van der Waals surface area contributed by atoms with Crippen LogP contribution < -0.4 is 0 Å². The molecule has 1 saturated heterocycles. The standard InChI is InChI=1S/C17H16F2N2O4S2/c18-17(19)27(24,25)13-5-3-12(4-6-13)15(22)20-7-9-21(10-8-20)16(23)14-2-1-11-26-14/h1-6,11,17H,7-10H2. The summed E-state index contributed by atoms with van der Waals surface area (Å²) < 4.78 is 48.0. The van der Waals surface area contributed by atoms with Crippen LogP contribution in [0.15, 0.2) is 46.7 Å². The molecule has 1 aromatic carbocycles. The first-order valence-electron chi connectivity index (χ1n) is 8.05. The largest absolute Gasteiger partial charge is 0.341 e. The number of hydrogen-bond acceptors (Lipinski definition) is 5. The van der Waals surface area contributed by atoms with E-state index >= 15 is 0 Å². The van der Waals surface area contributed by atoms with Gasteiger partial charge in [-0.15, -0.1) is 11.3 Å². The van der Waals surface area contributed by atoms with E-state index in [4.69, 9.17) is 0 Å². The lowest BCUT2D eigenvalue weighted by molar-refractivity contribution is 0.0538. The number of nitrogens with zero attached hydrogens (tertiary/aromatic N) is 2. The van der Waals surface area contributed by atoms with Crippen molar-refractivity contribution < 1.29 is 26.8 Å². The van der Waals surface area contributed by atoms with E-state index in [0.29, 0.717) is 31.1 Å². The van der Waals surface area contributed by atoms with E-state index in [1.165, 1.54) is 23.5 Å². The van der Waals surface area contributed by atoms with Crippen molar-refractivity contribution in [2.24, 2.45) is 0 Å². The second-order valence-corrected chi connectivity index (χ2v) is 8.76. The molecule has 0 saturated carbocycles. The third-order valence-electron chi connectivity index (χ3n) is 4.25. The van der Waals surface area contributed by atoms with Gasteiger partial charge in [0, 0.05) is 31.7 Å². The molecule has 1 aliphatic heterocycles. The highest BCUT2D eigenvalue weighted by Gasteiger charge is 2.28. The van der Waals surface area contributed by atoms with Crippen molar-refractivity contribution in [1.29, 1.82) is 0 Å². The average molecular weight is 414 g/mol. The molecule has 10 heteroatoms. The first-order chi connectivity index (χ1) is 12.8. The number of benzene rings is 1. The molecule has 1 fully saturated rings. The number of thiophene rings is 1. The maximum atomic E-state index is 12.6. The zero-order valence-electron chi connectivity index (χ0n) is 14.0. The third kappa shape index (κ3) is 4.01. The van der Waals surface area contributed by atoms with Gasteiger partial charge in [-0.25, -0.2) is 8.42 Å². The van der Waals surface area contributed by atoms with Crippen LogP contribution in [0.1, 0.15) is 20.0 Å². The van der Waals surface area contributed by atoms with Crippen molar-refractivity contribution in [2.75, 3.05) is 26.2 Å². The molecule has 2 heterocycles. The molecule has 144 valence electrons. The monoisotopic (exact) mass is 414 g/mol. The topological polar surface area (TPSA) is 74.8 Å². The van der Waals surface area contributed by atoms with Crippen molar-refractivity contribution in [3.05, 3.63) is 52.2 Å². The molecule has 2 amide bonds. The summed E-state index contributed by atoms with van der Waals surface area (Å²) in [6.45, 7) is 1.46. The SMILES string of the molecule is O=C(c1ccc(S(=O)(=O)C(F)F)cc1)N1CCN(C(=O)c2cccs2)CC1. The van der Waals surface area contributed by atoms with Crippen molar-refractivity contribution in [2.45, 2.75) is 10.7 Å². The van der Waals surface area contributed by atoms with Gasteiger partial charge in [0.2, 0.25) is 9.84 Å². The van der Waals surface area contributed by atoms with E-state index < -0.39 is 20.5 Å². The van der Waals surface area contributed by atoms with Gasteiger partial charge in [0.1, 0.15) is 0 Å². The van der Waals surface area contributed by atoms with Crippen LogP contribution in [0, 0.1) is 0 Å². The van der Waals surface area contributed by atoms with Gasteiger partial charge in [-0.05, 0) is 35.7 Å². The van der Waals surface area contributed by atoms with Crippen LogP contribution in [0.2, 0.25) is 0 Å². The number of amides is 2. The lowest BCUT2D eigenvalue weighted by atomic mass is 10.2. The number of alkyl halides is 2. The highest BCUT2D eigenvalue weighted by molar-refractivity contribution is 7.91. The fourth-order valence-electron chi connectivity index (χ4n) is 2.74. The lowest BCUT2D eigenvalue weighted by Gasteiger charge is -2.34. The van der Waals surface area contributed by atoms with E-state index in [-0.39, 0.29) is 17.4 Å². The molecule has 6 nitrogen and oxygen atoms in total. The number of piperazine rings is 1. The lowest BCUT2D eigenvalue weighted by Crippen LogP contribution is -2.50. The smallest absolute Gasteiger partial charge is 0.335 e. The second kappa shape index (κ2) is 7.73. The van der Waals surface area contributed by atoms with Crippen LogP contribution >= 0.6 is 11.3 Å². The van der Waals surface area contributed by atoms with Gasteiger partial charge in [0.05, 0.1) is 9.77 Å². The summed E-state index contributed by atoms with van der Waals surface area (Å²) in [7, 11) is -4.68. The Labute approximate surface area is 158 Å². The molecule has 2 aromatic rings. The summed E-state index contributed by atoms with van der Waals surface area (Å²) in [6.07, 6.45) is 0. The van der Waals surface area contributed by atoms with Crippen LogP contribution in [0.25, 0.3) is 0 Å². The van der Waals surface area contributed by atoms with E-state index in [1.54, 1.807) is 21.9 Å². The summed E-state index contributed by atoms with van der Waals surface area (Å²) in [4.78, 5) is 28.2. The van der Waals surface area contributed by atoms with Crippen molar-refractivity contribution in [1.82, 2.24) is 9.80 Å². The van der Waals surface area contributed by atoms with Gasteiger partial charge >= 0.3 is 5.76 Å². The van der Waals surface area contributed by atoms with Crippen LogP contribution in [0.5, 0.6) is 0 Å². The Bertz CT molecular complexity index is 920. The Morgan fingerprint density at radius 2 is 1.48 bits per heavy atom. The number of carbonyl (C=O) groups is 2. The molecule has 1 aromatic heterocycles. The van der Waals surface area contributed by atoms with E-state index in [1.807, 2.05) is 5.38 Å². The Hall–Kier alpha value is -2.33. The molecule has 0 atom stereocenters. The van der Waals surface area contributed by atoms with E-state index in [9.17, 15) is 26.8 Å². The zero-order chi connectivity index (χ0) is 19.6. The molecule has 0 N–H and O–H groups in total. The minimum atomic E-state index is -4.68. The van der Waals surface area contributed by atoms with Crippen LogP contribution in [0.3, 0.4) is 0 Å². The molecular weight excluding hydrogens is 398 g/mol. The molecule has 27 heavy (non-hydrogen) atoms. The number of hydrogen-bond donors (Lipinski definition) is 0. The van der Waals surface area contributed by atoms with Gasteiger partial charge in [-0.3, -0.25) is 9.59 Å². The molecular formula is C17H16F2N2O4S2. The molecule has 0 unspecified atom stereocenters. The van der Waals surface area contributed by atoms with Gasteiger partial charge in [0.25, 0.3) is 11.8 Å². The van der Waals surface area contributed by atoms with E-state index in [0.717, 1.165) is 12.1 Å². The minimum Gasteiger partial charge on any atom is -0.335 e. The van der Waals surface area contributed by atoms with Gasteiger partial charge in [-0.2, -0.15) is 8.78 Å². The Balaban J connectivity index is 1.63. The summed E-state index contributed by atoms with van der Waals surface area (Å²) in [5, 5.41) is 1.82. The van der Waals surface area contributed by atoms with Crippen LogP contribution in [0.4, 0.5) is 8.78 Å². The van der Waals surface area contributed by atoms with Gasteiger partial charge in [0.15, 0.2) is 0 Å². The average Bonchev–Trinajstić information content (AvgIpc) is 3.22. The van der Waals surface area contributed by atoms with Crippen molar-refractivity contribution >= 4 is 33.0 Å². The maximum Gasteiger partial charge on any atom is 0.341 e. The van der Waals surface area contributed by atoms with Crippen LogP contribution in [-0.4, -0.2) is 62.0 Å². The van der Waals surface area contributed by atoms with Crippen molar-refractivity contribution in [3.8, 4) is 0 Å². The fraction of sp³-hybridized carbons (Fsp3) is 0.294. The first-order valence-corrected chi connectivity index (χ1v) is 10.5. The molecule has 0 aliphatic carbocycles. The van der Waals surface area contributed by atoms with E-state index in [2.05, 4.69) is 0 Å². The number of halogens is 2. The molecule has 1 aliphatic rings. The maximum absolute atomic E-state index is 12.6. The molecule has 0 bridgehead atoms. The van der Waals surface area contributed by atoms with Crippen LogP contribution in [-0.2, 0) is 9.84 Å². The highest BCUT2D eigenvalue weighted by Crippen LogP contribution is 2.20. The molecule has 3 rings (SSSR count). The second-order valence-electron chi connectivity index (χ2n) is 5.89. The summed E-state index contributed by atoms with van der Waals surface area (Å²) >= 11 is 1.36. The predicted molar refractivity (Wildman–Crippen MR) is 95.8 cm³/mol. The summed E-state index contributed by atoms with van der Waals surface area (Å²) in [5.74, 6) is -3.91. The summed E-state index contributed by atoms with van der Waals surface area (Å²) in [5.41, 5.74) is 0.209. The number of rotatable bonds is 4. The highest BCUT2D eigenvalue weighted by atomic mass is 32.2. The van der Waals surface area contributed by atoms with Crippen molar-refractivity contribution in [3.63, 3.8) is 0 Å². The third-order valence-corrected chi connectivity index (χ3v) is 6.51. The zero-order valence-corrected chi connectivity index (χ0v) is 15.7. The minimum absolute atomic E-state index is 0.0707. The number of sulfone groups is 1. The Kier molecular flexibility index (Phi) is 5.56. The van der Waals surface area contributed by atoms with Gasteiger partial charge in [-0.1, -0.05) is 6.07 Å². The predicted octanol–water partition coefficient (Wildman–Crippen LogP) is 2.34. The Morgan fingerprint density at radius 3 is 1.96 bits per heavy atom. The molecule has 0 spiro atoms. The summed E-state index contributed by atoms with van der Waals surface area (Å²) in [6, 6.07) is 8.01. The normalized spacial score (nSPS) is 15.2. The Morgan fingerprint density at radius 1 is 0.926 bits per heavy atom. The molecule has 0 radical (unpaired) electrons. The number of carbonyl (C=O) groups excluding carboxylic acids is 2. The fourth-order valence-corrected chi connectivity index (χ4v) is 4.15. The quantitative estimate of drug-likeness (QED) is 0.770. The first kappa shape index (κ1) is 19.4.